The summed E-state index contributed by atoms with van der Waals surface area (Å²) >= 11 is 0. The molecular formula is C11H10F4O3. The minimum atomic E-state index is -4.98. The highest BCUT2D eigenvalue weighted by Crippen LogP contribution is 2.27. The van der Waals surface area contributed by atoms with Crippen LogP contribution in [0.15, 0.2) is 18.2 Å². The van der Waals surface area contributed by atoms with Crippen molar-refractivity contribution in [2.45, 2.75) is 19.7 Å². The number of benzene rings is 1. The van der Waals surface area contributed by atoms with Gasteiger partial charge in [-0.1, -0.05) is 12.1 Å². The van der Waals surface area contributed by atoms with E-state index in [0.29, 0.717) is 0 Å². The maximum atomic E-state index is 13.6. The topological polar surface area (TPSA) is 35.5 Å². The van der Waals surface area contributed by atoms with Crippen molar-refractivity contribution in [2.75, 3.05) is 6.61 Å². The molecular weight excluding hydrogens is 256 g/mol. The number of halogens is 4. The van der Waals surface area contributed by atoms with E-state index in [1.165, 1.54) is 12.1 Å². The van der Waals surface area contributed by atoms with Gasteiger partial charge in [-0.05, 0) is 13.0 Å². The highest BCUT2D eigenvalue weighted by atomic mass is 19.4. The minimum absolute atomic E-state index is 0.110. The van der Waals surface area contributed by atoms with Gasteiger partial charge < -0.3 is 9.47 Å². The molecule has 0 radical (unpaired) electrons. The summed E-state index contributed by atoms with van der Waals surface area (Å²) in [7, 11) is 0. The van der Waals surface area contributed by atoms with Crippen molar-refractivity contribution >= 4 is 5.97 Å². The fourth-order valence-corrected chi connectivity index (χ4v) is 1.26. The standard InChI is InChI=1S/C11H10F4O3/c1-2-17-9(16)6-7-4-3-5-8(10(7)12)18-11(13,14)15/h3-5H,2,6H2,1H3. The minimum Gasteiger partial charge on any atom is -0.466 e. The lowest BCUT2D eigenvalue weighted by molar-refractivity contribution is -0.275. The molecule has 0 aliphatic carbocycles. The highest BCUT2D eigenvalue weighted by Gasteiger charge is 2.32. The summed E-state index contributed by atoms with van der Waals surface area (Å²) in [6.45, 7) is 1.68. The van der Waals surface area contributed by atoms with Crippen molar-refractivity contribution < 1.29 is 31.8 Å². The highest BCUT2D eigenvalue weighted by molar-refractivity contribution is 5.72. The van der Waals surface area contributed by atoms with E-state index in [-0.39, 0.29) is 12.2 Å². The molecule has 100 valence electrons. The van der Waals surface area contributed by atoms with Crippen molar-refractivity contribution in [3.63, 3.8) is 0 Å². The third-order valence-corrected chi connectivity index (χ3v) is 1.91. The Morgan fingerprint density at radius 3 is 2.56 bits per heavy atom. The molecule has 0 unspecified atom stereocenters. The lowest BCUT2D eigenvalue weighted by atomic mass is 10.1. The Balaban J connectivity index is 2.88. The van der Waals surface area contributed by atoms with Gasteiger partial charge in [0.15, 0.2) is 11.6 Å². The number of carbonyl (C=O) groups excluding carboxylic acids is 1. The van der Waals surface area contributed by atoms with Crippen LogP contribution >= 0.6 is 0 Å². The van der Waals surface area contributed by atoms with E-state index >= 15 is 0 Å². The molecule has 3 nitrogen and oxygen atoms in total. The van der Waals surface area contributed by atoms with Gasteiger partial charge in [-0.15, -0.1) is 13.2 Å². The predicted octanol–water partition coefficient (Wildman–Crippen LogP) is 2.83. The van der Waals surface area contributed by atoms with Gasteiger partial charge in [0.25, 0.3) is 0 Å². The number of ether oxygens (including phenoxy) is 2. The van der Waals surface area contributed by atoms with Gasteiger partial charge in [-0.25, -0.2) is 4.39 Å². The summed E-state index contributed by atoms with van der Waals surface area (Å²) in [5.74, 6) is -2.91. The quantitative estimate of drug-likeness (QED) is 0.621. The van der Waals surface area contributed by atoms with Crippen LogP contribution in [0.2, 0.25) is 0 Å². The van der Waals surface area contributed by atoms with E-state index in [4.69, 9.17) is 0 Å². The normalized spacial score (nSPS) is 11.2. The Bertz CT molecular complexity index is 429. The molecule has 0 saturated heterocycles. The van der Waals surface area contributed by atoms with Crippen molar-refractivity contribution in [2.24, 2.45) is 0 Å². The van der Waals surface area contributed by atoms with Crippen LogP contribution in [-0.4, -0.2) is 18.9 Å². The molecule has 1 rings (SSSR count). The Kier molecular flexibility index (Phi) is 4.52. The van der Waals surface area contributed by atoms with Gasteiger partial charge in [0.05, 0.1) is 13.0 Å². The first-order valence-corrected chi connectivity index (χ1v) is 5.02. The molecule has 0 bridgehead atoms. The van der Waals surface area contributed by atoms with Crippen molar-refractivity contribution in [3.05, 3.63) is 29.6 Å². The van der Waals surface area contributed by atoms with Crippen LogP contribution < -0.4 is 4.74 Å². The zero-order valence-electron chi connectivity index (χ0n) is 9.38. The summed E-state index contributed by atoms with van der Waals surface area (Å²) in [5.41, 5.74) is -0.213. The van der Waals surface area contributed by atoms with Crippen LogP contribution in [0.1, 0.15) is 12.5 Å². The van der Waals surface area contributed by atoms with E-state index in [2.05, 4.69) is 9.47 Å². The Morgan fingerprint density at radius 2 is 2.00 bits per heavy atom. The number of alkyl halides is 3. The second kappa shape index (κ2) is 5.70. The van der Waals surface area contributed by atoms with Crippen molar-refractivity contribution in [1.82, 2.24) is 0 Å². The summed E-state index contributed by atoms with van der Waals surface area (Å²) in [6, 6.07) is 3.19. The van der Waals surface area contributed by atoms with E-state index in [1.807, 2.05) is 0 Å². The van der Waals surface area contributed by atoms with Gasteiger partial charge >= 0.3 is 12.3 Å². The van der Waals surface area contributed by atoms with Crippen molar-refractivity contribution in [3.8, 4) is 5.75 Å². The molecule has 0 N–H and O–H groups in total. The molecule has 18 heavy (non-hydrogen) atoms. The Hall–Kier alpha value is -1.79. The Morgan fingerprint density at radius 1 is 1.33 bits per heavy atom. The number of rotatable bonds is 4. The monoisotopic (exact) mass is 266 g/mol. The zero-order valence-corrected chi connectivity index (χ0v) is 9.38. The molecule has 0 spiro atoms. The second-order valence-electron chi connectivity index (χ2n) is 3.26. The van der Waals surface area contributed by atoms with Crippen LogP contribution in [0.25, 0.3) is 0 Å². The first-order chi connectivity index (χ1) is 8.33. The van der Waals surface area contributed by atoms with Gasteiger partial charge in [0, 0.05) is 5.56 Å². The molecule has 0 atom stereocenters. The molecule has 7 heteroatoms. The summed E-state index contributed by atoms with van der Waals surface area (Å²) < 4.78 is 57.5. The lowest BCUT2D eigenvalue weighted by Crippen LogP contribution is -2.18. The van der Waals surface area contributed by atoms with Crippen LogP contribution in [0.5, 0.6) is 5.75 Å². The van der Waals surface area contributed by atoms with E-state index < -0.39 is 30.3 Å². The fraction of sp³-hybridized carbons (Fsp3) is 0.364. The number of carbonyl (C=O) groups is 1. The number of hydrogen-bond acceptors (Lipinski definition) is 3. The van der Waals surface area contributed by atoms with E-state index in [9.17, 15) is 22.4 Å². The predicted molar refractivity (Wildman–Crippen MR) is 53.4 cm³/mol. The summed E-state index contributed by atoms with van der Waals surface area (Å²) in [6.07, 6.45) is -5.43. The number of hydrogen-bond donors (Lipinski definition) is 0. The molecule has 0 heterocycles. The van der Waals surface area contributed by atoms with Gasteiger partial charge in [0.2, 0.25) is 0 Å². The van der Waals surface area contributed by atoms with Crippen LogP contribution in [-0.2, 0) is 16.0 Å². The summed E-state index contributed by atoms with van der Waals surface area (Å²) in [5, 5.41) is 0. The third-order valence-electron chi connectivity index (χ3n) is 1.91. The first kappa shape index (κ1) is 14.3. The smallest absolute Gasteiger partial charge is 0.466 e. The molecule has 0 amide bonds. The summed E-state index contributed by atoms with van der Waals surface area (Å²) in [4.78, 5) is 11.1. The third kappa shape index (κ3) is 4.23. The fourth-order valence-electron chi connectivity index (χ4n) is 1.26. The first-order valence-electron chi connectivity index (χ1n) is 5.02. The van der Waals surface area contributed by atoms with Gasteiger partial charge in [-0.2, -0.15) is 0 Å². The molecule has 1 aromatic rings. The molecule has 0 saturated carbocycles. The molecule has 0 fully saturated rings. The Labute approximate surface area is 100 Å². The van der Waals surface area contributed by atoms with Crippen LogP contribution in [0.3, 0.4) is 0 Å². The second-order valence-corrected chi connectivity index (χ2v) is 3.26. The van der Waals surface area contributed by atoms with E-state index in [1.54, 1.807) is 6.92 Å². The number of esters is 1. The van der Waals surface area contributed by atoms with Gasteiger partial charge in [-0.3, -0.25) is 4.79 Å². The molecule has 1 aromatic carbocycles. The maximum absolute atomic E-state index is 13.6. The average Bonchev–Trinajstić information content (AvgIpc) is 2.22. The van der Waals surface area contributed by atoms with Gasteiger partial charge in [0.1, 0.15) is 0 Å². The lowest BCUT2D eigenvalue weighted by Gasteiger charge is -2.11. The van der Waals surface area contributed by atoms with Crippen LogP contribution in [0.4, 0.5) is 17.6 Å². The van der Waals surface area contributed by atoms with E-state index in [0.717, 1.165) is 6.07 Å². The molecule has 0 aliphatic heterocycles. The maximum Gasteiger partial charge on any atom is 0.573 e. The SMILES string of the molecule is CCOC(=O)Cc1cccc(OC(F)(F)F)c1F. The molecule has 0 aliphatic rings. The molecule has 0 aromatic heterocycles. The van der Waals surface area contributed by atoms with Crippen LogP contribution in [0, 0.1) is 5.82 Å². The zero-order chi connectivity index (χ0) is 13.8. The average molecular weight is 266 g/mol. The largest absolute Gasteiger partial charge is 0.573 e. The van der Waals surface area contributed by atoms with Crippen molar-refractivity contribution in [1.29, 1.82) is 0 Å².